The minimum Gasteiger partial charge on any atom is -0.487 e. The number of hydrogen-bond donors (Lipinski definition) is 1. The van der Waals surface area contributed by atoms with E-state index in [1.807, 2.05) is 0 Å². The van der Waals surface area contributed by atoms with E-state index in [0.29, 0.717) is 15.6 Å². The second-order valence-electron chi connectivity index (χ2n) is 3.98. The van der Waals surface area contributed by atoms with Crippen LogP contribution in [0.25, 0.3) is 0 Å². The minimum absolute atomic E-state index is 0.0776. The first-order chi connectivity index (χ1) is 9.63. The zero-order valence-corrected chi connectivity index (χ0v) is 11.9. The molecular formula is C15H10BrNO3. The van der Waals surface area contributed by atoms with E-state index in [4.69, 9.17) is 15.1 Å². The highest BCUT2D eigenvalue weighted by Crippen LogP contribution is 2.30. The van der Waals surface area contributed by atoms with Gasteiger partial charge < -0.3 is 9.84 Å². The SMILES string of the molecule is N#Cc1ccccc1COc1c(Br)cccc1C(=O)O. The number of carbonyl (C=O) groups is 1. The summed E-state index contributed by atoms with van der Waals surface area (Å²) in [7, 11) is 0. The molecule has 2 rings (SSSR count). The molecule has 0 aliphatic rings. The van der Waals surface area contributed by atoms with Crippen molar-refractivity contribution in [2.75, 3.05) is 0 Å². The highest BCUT2D eigenvalue weighted by molar-refractivity contribution is 9.10. The van der Waals surface area contributed by atoms with E-state index in [0.717, 1.165) is 0 Å². The molecule has 0 saturated carbocycles. The largest absolute Gasteiger partial charge is 0.487 e. The number of hydrogen-bond acceptors (Lipinski definition) is 3. The second kappa shape index (κ2) is 6.22. The summed E-state index contributed by atoms with van der Waals surface area (Å²) in [5.74, 6) is -0.803. The standard InChI is InChI=1S/C15H10BrNO3/c16-13-7-3-6-12(15(18)19)14(13)20-9-11-5-2-1-4-10(11)8-17/h1-7H,9H2,(H,18,19). The second-order valence-corrected chi connectivity index (χ2v) is 4.83. The summed E-state index contributed by atoms with van der Waals surface area (Å²) in [6.07, 6.45) is 0. The molecule has 0 aliphatic carbocycles. The molecule has 0 aromatic heterocycles. The summed E-state index contributed by atoms with van der Waals surface area (Å²) >= 11 is 3.27. The van der Waals surface area contributed by atoms with Crippen molar-refractivity contribution in [3.8, 4) is 11.8 Å². The Labute approximate surface area is 124 Å². The molecule has 0 heterocycles. The average Bonchev–Trinajstić information content (AvgIpc) is 2.46. The van der Waals surface area contributed by atoms with Gasteiger partial charge in [0.2, 0.25) is 0 Å². The third kappa shape index (κ3) is 2.98. The Morgan fingerprint density at radius 2 is 2.00 bits per heavy atom. The molecule has 20 heavy (non-hydrogen) atoms. The first-order valence-corrected chi connectivity index (χ1v) is 6.55. The van der Waals surface area contributed by atoms with Crippen LogP contribution in [0.2, 0.25) is 0 Å². The maximum Gasteiger partial charge on any atom is 0.339 e. The Kier molecular flexibility index (Phi) is 4.38. The maximum atomic E-state index is 11.2. The van der Waals surface area contributed by atoms with Gasteiger partial charge in [0.15, 0.2) is 0 Å². The number of nitriles is 1. The average molecular weight is 332 g/mol. The summed E-state index contributed by atoms with van der Waals surface area (Å²) < 4.78 is 6.14. The van der Waals surface area contributed by atoms with E-state index >= 15 is 0 Å². The van der Waals surface area contributed by atoms with Crippen molar-refractivity contribution in [1.29, 1.82) is 5.26 Å². The fourth-order valence-electron chi connectivity index (χ4n) is 1.73. The number of nitrogens with zero attached hydrogens (tertiary/aromatic N) is 1. The van der Waals surface area contributed by atoms with Gasteiger partial charge in [0.25, 0.3) is 0 Å². The maximum absolute atomic E-state index is 11.2. The van der Waals surface area contributed by atoms with Gasteiger partial charge in [-0.3, -0.25) is 0 Å². The van der Waals surface area contributed by atoms with Crippen LogP contribution in [0, 0.1) is 11.3 Å². The van der Waals surface area contributed by atoms with Crippen LogP contribution in [0.1, 0.15) is 21.5 Å². The number of carboxylic acids is 1. The molecule has 0 atom stereocenters. The number of carboxylic acid groups (broad SMARTS) is 1. The van der Waals surface area contributed by atoms with Crippen molar-refractivity contribution in [2.24, 2.45) is 0 Å². The van der Waals surface area contributed by atoms with Crippen LogP contribution < -0.4 is 4.74 Å². The van der Waals surface area contributed by atoms with Crippen LogP contribution in [0.15, 0.2) is 46.9 Å². The van der Waals surface area contributed by atoms with Crippen molar-refractivity contribution in [2.45, 2.75) is 6.61 Å². The van der Waals surface area contributed by atoms with Crippen LogP contribution in [0.4, 0.5) is 0 Å². The Morgan fingerprint density at radius 1 is 1.25 bits per heavy atom. The minimum atomic E-state index is -1.06. The molecule has 0 fully saturated rings. The molecule has 0 aliphatic heterocycles. The molecule has 0 amide bonds. The van der Waals surface area contributed by atoms with Crippen molar-refractivity contribution in [1.82, 2.24) is 0 Å². The van der Waals surface area contributed by atoms with Gasteiger partial charge in [0, 0.05) is 5.56 Å². The van der Waals surface area contributed by atoms with Crippen LogP contribution in [0.3, 0.4) is 0 Å². The lowest BCUT2D eigenvalue weighted by atomic mass is 10.1. The van der Waals surface area contributed by atoms with E-state index in [1.165, 1.54) is 6.07 Å². The number of rotatable bonds is 4. The van der Waals surface area contributed by atoms with E-state index in [-0.39, 0.29) is 17.9 Å². The summed E-state index contributed by atoms with van der Waals surface area (Å²) in [6.45, 7) is 0.132. The molecule has 0 bridgehead atoms. The Hall–Kier alpha value is -2.32. The normalized spacial score (nSPS) is 9.80. The van der Waals surface area contributed by atoms with Crippen LogP contribution in [0.5, 0.6) is 5.75 Å². The molecule has 4 nitrogen and oxygen atoms in total. The van der Waals surface area contributed by atoms with Gasteiger partial charge in [-0.25, -0.2) is 4.79 Å². The lowest BCUT2D eigenvalue weighted by Crippen LogP contribution is -2.05. The smallest absolute Gasteiger partial charge is 0.339 e. The molecule has 0 saturated heterocycles. The molecule has 0 radical (unpaired) electrons. The summed E-state index contributed by atoms with van der Waals surface area (Å²) in [5.41, 5.74) is 1.30. The van der Waals surface area contributed by atoms with E-state index in [9.17, 15) is 4.79 Å². The number of aromatic carboxylic acids is 1. The first kappa shape index (κ1) is 14.1. The monoisotopic (exact) mass is 331 g/mol. The van der Waals surface area contributed by atoms with Crippen molar-refractivity contribution in [3.63, 3.8) is 0 Å². The van der Waals surface area contributed by atoms with Crippen molar-refractivity contribution < 1.29 is 14.6 Å². The van der Waals surface area contributed by atoms with Gasteiger partial charge in [-0.15, -0.1) is 0 Å². The lowest BCUT2D eigenvalue weighted by Gasteiger charge is -2.11. The molecule has 2 aromatic carbocycles. The highest BCUT2D eigenvalue weighted by atomic mass is 79.9. The number of halogens is 1. The first-order valence-electron chi connectivity index (χ1n) is 5.76. The summed E-state index contributed by atoms with van der Waals surface area (Å²) in [4.78, 5) is 11.2. The van der Waals surface area contributed by atoms with Gasteiger partial charge >= 0.3 is 5.97 Å². The van der Waals surface area contributed by atoms with Gasteiger partial charge in [-0.05, 0) is 34.1 Å². The number of benzene rings is 2. The molecule has 0 unspecified atom stereocenters. The van der Waals surface area contributed by atoms with Gasteiger partial charge in [-0.1, -0.05) is 24.3 Å². The van der Waals surface area contributed by atoms with Crippen molar-refractivity contribution in [3.05, 3.63) is 63.6 Å². The fraction of sp³-hybridized carbons (Fsp3) is 0.0667. The number of ether oxygens (including phenoxy) is 1. The molecule has 1 N–H and O–H groups in total. The Balaban J connectivity index is 2.28. The molecule has 100 valence electrons. The fourth-order valence-corrected chi connectivity index (χ4v) is 2.21. The lowest BCUT2D eigenvalue weighted by molar-refractivity contribution is 0.0691. The molecule has 5 heteroatoms. The van der Waals surface area contributed by atoms with E-state index in [2.05, 4.69) is 22.0 Å². The van der Waals surface area contributed by atoms with E-state index in [1.54, 1.807) is 36.4 Å². The Morgan fingerprint density at radius 3 is 2.70 bits per heavy atom. The third-order valence-corrected chi connectivity index (χ3v) is 3.33. The quantitative estimate of drug-likeness (QED) is 0.929. The summed E-state index contributed by atoms with van der Waals surface area (Å²) in [6, 6.07) is 13.9. The highest BCUT2D eigenvalue weighted by Gasteiger charge is 2.14. The predicted molar refractivity (Wildman–Crippen MR) is 76.6 cm³/mol. The molecule has 2 aromatic rings. The Bertz CT molecular complexity index is 692. The van der Waals surface area contributed by atoms with Crippen LogP contribution in [-0.2, 0) is 6.61 Å². The van der Waals surface area contributed by atoms with Gasteiger partial charge in [-0.2, -0.15) is 5.26 Å². The summed E-state index contributed by atoms with van der Waals surface area (Å²) in [5, 5.41) is 18.1. The topological polar surface area (TPSA) is 70.3 Å². The molecular weight excluding hydrogens is 322 g/mol. The predicted octanol–water partition coefficient (Wildman–Crippen LogP) is 3.60. The molecule has 0 spiro atoms. The zero-order valence-electron chi connectivity index (χ0n) is 10.3. The van der Waals surface area contributed by atoms with Crippen LogP contribution >= 0.6 is 15.9 Å². The van der Waals surface area contributed by atoms with Gasteiger partial charge in [0.05, 0.1) is 16.1 Å². The number of para-hydroxylation sites is 1. The zero-order chi connectivity index (χ0) is 14.5. The third-order valence-electron chi connectivity index (χ3n) is 2.71. The van der Waals surface area contributed by atoms with Crippen LogP contribution in [-0.4, -0.2) is 11.1 Å². The van der Waals surface area contributed by atoms with Gasteiger partial charge in [0.1, 0.15) is 17.9 Å². The van der Waals surface area contributed by atoms with Crippen molar-refractivity contribution >= 4 is 21.9 Å². The van der Waals surface area contributed by atoms with E-state index < -0.39 is 5.97 Å².